The van der Waals surface area contributed by atoms with Gasteiger partial charge in [0.05, 0.1) is 35.7 Å². The molecule has 4 rings (SSSR count). The highest BCUT2D eigenvalue weighted by Gasteiger charge is 2.10. The van der Waals surface area contributed by atoms with Crippen molar-refractivity contribution in [1.82, 2.24) is 19.1 Å². The van der Waals surface area contributed by atoms with Crippen molar-refractivity contribution in [3.8, 4) is 0 Å². The molecule has 0 spiro atoms. The number of para-hydroxylation sites is 2. The summed E-state index contributed by atoms with van der Waals surface area (Å²) in [6, 6.07) is 18.5. The average Bonchev–Trinajstić information content (AvgIpc) is 3.21. The SMILES string of the molecule is CCc1ncc(/C=N/c2nc3ccccc3n2Cc2ccccc2)n1C. The Balaban J connectivity index is 1.75. The van der Waals surface area contributed by atoms with Gasteiger partial charge in [0, 0.05) is 13.5 Å². The topological polar surface area (TPSA) is 48.0 Å². The number of benzene rings is 2. The van der Waals surface area contributed by atoms with Gasteiger partial charge in [0.25, 0.3) is 0 Å². The van der Waals surface area contributed by atoms with Gasteiger partial charge >= 0.3 is 0 Å². The van der Waals surface area contributed by atoms with Crippen LogP contribution in [0.15, 0.2) is 65.8 Å². The molecular weight excluding hydrogens is 322 g/mol. The third-order valence-electron chi connectivity index (χ3n) is 4.57. The number of hydrogen-bond acceptors (Lipinski definition) is 3. The Bertz CT molecular complexity index is 1060. The van der Waals surface area contributed by atoms with E-state index >= 15 is 0 Å². The molecule has 0 radical (unpaired) electrons. The number of hydrogen-bond donors (Lipinski definition) is 0. The number of imidazole rings is 2. The monoisotopic (exact) mass is 343 g/mol. The Labute approximate surface area is 152 Å². The summed E-state index contributed by atoms with van der Waals surface area (Å²) in [5.41, 5.74) is 4.23. The van der Waals surface area contributed by atoms with Crippen molar-refractivity contribution < 1.29 is 0 Å². The maximum Gasteiger partial charge on any atom is 0.230 e. The van der Waals surface area contributed by atoms with E-state index in [0.29, 0.717) is 5.95 Å². The lowest BCUT2D eigenvalue weighted by Gasteiger charge is -2.06. The third kappa shape index (κ3) is 3.04. The molecule has 0 bridgehead atoms. The van der Waals surface area contributed by atoms with E-state index in [1.54, 1.807) is 0 Å². The maximum absolute atomic E-state index is 4.72. The van der Waals surface area contributed by atoms with Crippen LogP contribution in [0.5, 0.6) is 0 Å². The number of aliphatic imine (C=N–C) groups is 1. The van der Waals surface area contributed by atoms with Crippen LogP contribution in [0, 0.1) is 0 Å². The van der Waals surface area contributed by atoms with Gasteiger partial charge in [-0.25, -0.2) is 15.0 Å². The fourth-order valence-electron chi connectivity index (χ4n) is 3.12. The molecule has 0 saturated carbocycles. The van der Waals surface area contributed by atoms with Crippen LogP contribution >= 0.6 is 0 Å². The molecule has 0 amide bonds. The molecule has 2 aromatic carbocycles. The summed E-state index contributed by atoms with van der Waals surface area (Å²) in [5, 5.41) is 0. The Kier molecular flexibility index (Phi) is 4.35. The second kappa shape index (κ2) is 6.96. The zero-order chi connectivity index (χ0) is 17.9. The van der Waals surface area contributed by atoms with E-state index in [4.69, 9.17) is 4.98 Å². The van der Waals surface area contributed by atoms with Crippen molar-refractivity contribution in [2.24, 2.45) is 12.0 Å². The second-order valence-corrected chi connectivity index (χ2v) is 6.24. The summed E-state index contributed by atoms with van der Waals surface area (Å²) in [4.78, 5) is 13.8. The molecule has 5 heteroatoms. The minimum Gasteiger partial charge on any atom is -0.330 e. The Morgan fingerprint density at radius 1 is 1.04 bits per heavy atom. The summed E-state index contributed by atoms with van der Waals surface area (Å²) in [7, 11) is 2.01. The molecule has 0 unspecified atom stereocenters. The minimum atomic E-state index is 0.703. The minimum absolute atomic E-state index is 0.703. The van der Waals surface area contributed by atoms with Crippen LogP contribution < -0.4 is 0 Å². The van der Waals surface area contributed by atoms with Gasteiger partial charge in [0.15, 0.2) is 0 Å². The molecule has 0 aliphatic heterocycles. The number of rotatable bonds is 5. The predicted molar refractivity (Wildman–Crippen MR) is 105 cm³/mol. The maximum atomic E-state index is 4.72. The Morgan fingerprint density at radius 3 is 2.58 bits per heavy atom. The molecule has 0 aliphatic rings. The Morgan fingerprint density at radius 2 is 1.81 bits per heavy atom. The fourth-order valence-corrected chi connectivity index (χ4v) is 3.12. The van der Waals surface area contributed by atoms with Gasteiger partial charge in [-0.1, -0.05) is 49.4 Å². The predicted octanol–water partition coefficient (Wildman–Crippen LogP) is 4.13. The van der Waals surface area contributed by atoms with Gasteiger partial charge in [-0.3, -0.25) is 0 Å². The highest BCUT2D eigenvalue weighted by Crippen LogP contribution is 2.23. The zero-order valence-corrected chi connectivity index (χ0v) is 15.0. The van der Waals surface area contributed by atoms with Gasteiger partial charge in [-0.2, -0.15) is 0 Å². The van der Waals surface area contributed by atoms with E-state index in [0.717, 1.165) is 35.5 Å². The molecule has 130 valence electrons. The van der Waals surface area contributed by atoms with Crippen molar-refractivity contribution in [2.45, 2.75) is 19.9 Å². The van der Waals surface area contributed by atoms with Gasteiger partial charge < -0.3 is 9.13 Å². The molecule has 0 atom stereocenters. The summed E-state index contributed by atoms with van der Waals surface area (Å²) in [5.74, 6) is 1.75. The summed E-state index contributed by atoms with van der Waals surface area (Å²) < 4.78 is 4.21. The lowest BCUT2D eigenvalue weighted by molar-refractivity contribution is 0.802. The van der Waals surface area contributed by atoms with Gasteiger partial charge in [-0.05, 0) is 17.7 Å². The van der Waals surface area contributed by atoms with Gasteiger partial charge in [0.2, 0.25) is 5.95 Å². The smallest absolute Gasteiger partial charge is 0.230 e. The first-order valence-corrected chi connectivity index (χ1v) is 8.80. The lowest BCUT2D eigenvalue weighted by atomic mass is 10.2. The first kappa shape index (κ1) is 16.3. The zero-order valence-electron chi connectivity index (χ0n) is 15.0. The summed E-state index contributed by atoms with van der Waals surface area (Å²) >= 11 is 0. The van der Waals surface area contributed by atoms with Crippen molar-refractivity contribution in [1.29, 1.82) is 0 Å². The van der Waals surface area contributed by atoms with E-state index in [1.165, 1.54) is 5.56 Å². The van der Waals surface area contributed by atoms with Crippen LogP contribution in [-0.4, -0.2) is 25.3 Å². The quantitative estimate of drug-likeness (QED) is 0.512. The Hall–Kier alpha value is -3.21. The first-order chi connectivity index (χ1) is 12.8. The van der Waals surface area contributed by atoms with E-state index in [-0.39, 0.29) is 0 Å². The van der Waals surface area contributed by atoms with Crippen LogP contribution in [0.3, 0.4) is 0 Å². The number of fused-ring (bicyclic) bond motifs is 1. The third-order valence-corrected chi connectivity index (χ3v) is 4.57. The van der Waals surface area contributed by atoms with E-state index in [9.17, 15) is 0 Å². The molecule has 26 heavy (non-hydrogen) atoms. The van der Waals surface area contributed by atoms with E-state index < -0.39 is 0 Å². The van der Waals surface area contributed by atoms with Crippen molar-refractivity contribution in [3.63, 3.8) is 0 Å². The van der Waals surface area contributed by atoms with Crippen LogP contribution in [0.2, 0.25) is 0 Å². The molecule has 2 aromatic heterocycles. The number of aromatic nitrogens is 4. The van der Waals surface area contributed by atoms with Crippen LogP contribution in [0.25, 0.3) is 11.0 Å². The second-order valence-electron chi connectivity index (χ2n) is 6.24. The standard InChI is InChI=1S/C21H21N5/c1-3-20-22-13-17(25(20)2)14-23-21-24-18-11-7-8-12-19(18)26(21)15-16-9-5-4-6-10-16/h4-14H,3,15H2,1-2H3/b23-14+. The van der Waals surface area contributed by atoms with Crippen molar-refractivity contribution >= 4 is 23.2 Å². The highest BCUT2D eigenvalue weighted by atomic mass is 15.2. The molecule has 0 fully saturated rings. The summed E-state index contributed by atoms with van der Waals surface area (Å²) in [6.07, 6.45) is 4.60. The molecule has 0 aliphatic carbocycles. The average molecular weight is 343 g/mol. The molecular formula is C21H21N5. The number of nitrogens with zero attached hydrogens (tertiary/aromatic N) is 5. The van der Waals surface area contributed by atoms with Crippen molar-refractivity contribution in [2.75, 3.05) is 0 Å². The highest BCUT2D eigenvalue weighted by molar-refractivity contribution is 5.82. The van der Waals surface area contributed by atoms with Crippen LogP contribution in [0.1, 0.15) is 24.0 Å². The van der Waals surface area contributed by atoms with E-state index in [1.807, 2.05) is 43.7 Å². The lowest BCUT2D eigenvalue weighted by Crippen LogP contribution is -2.01. The van der Waals surface area contributed by atoms with Crippen LogP contribution in [0.4, 0.5) is 5.95 Å². The van der Waals surface area contributed by atoms with Gasteiger partial charge in [-0.15, -0.1) is 0 Å². The normalized spacial score (nSPS) is 11.6. The molecule has 0 saturated heterocycles. The van der Waals surface area contributed by atoms with Crippen LogP contribution in [-0.2, 0) is 20.0 Å². The molecule has 0 N–H and O–H groups in total. The number of aryl methyl sites for hydroxylation is 1. The molecule has 5 nitrogen and oxygen atoms in total. The fraction of sp³-hybridized carbons (Fsp3) is 0.190. The summed E-state index contributed by atoms with van der Waals surface area (Å²) in [6.45, 7) is 2.84. The largest absolute Gasteiger partial charge is 0.330 e. The molecule has 4 aromatic rings. The van der Waals surface area contributed by atoms with E-state index in [2.05, 4.69) is 56.4 Å². The first-order valence-electron chi connectivity index (χ1n) is 8.80. The van der Waals surface area contributed by atoms with Gasteiger partial charge in [0.1, 0.15) is 5.82 Å². The van der Waals surface area contributed by atoms with Crippen molar-refractivity contribution in [3.05, 3.63) is 77.9 Å². The molecule has 2 heterocycles.